The fourth-order valence-electron chi connectivity index (χ4n) is 1.26. The van der Waals surface area contributed by atoms with Crippen LogP contribution in [-0.4, -0.2) is 0 Å². The first-order valence-electron chi connectivity index (χ1n) is 4.78. The van der Waals surface area contributed by atoms with Crippen molar-refractivity contribution in [1.82, 2.24) is 0 Å². The van der Waals surface area contributed by atoms with E-state index in [1.54, 1.807) is 18.2 Å². The summed E-state index contributed by atoms with van der Waals surface area (Å²) in [5, 5.41) is 0.684. The molecule has 16 heavy (non-hydrogen) atoms. The average molecular weight is 236 g/mol. The van der Waals surface area contributed by atoms with Crippen molar-refractivity contribution >= 4 is 11.6 Å². The normalized spacial score (nSPS) is 10.1. The summed E-state index contributed by atoms with van der Waals surface area (Å²) in [5.41, 5.74) is 0.984. The smallest absolute Gasteiger partial charge is 0.134 e. The molecule has 81 valence electrons. The van der Waals surface area contributed by atoms with Crippen molar-refractivity contribution in [1.29, 1.82) is 0 Å². The van der Waals surface area contributed by atoms with E-state index in [0.29, 0.717) is 17.4 Å². The average Bonchev–Trinajstić information content (AvgIpc) is 2.28. The molecule has 0 N–H and O–H groups in total. The molecule has 2 aromatic rings. The van der Waals surface area contributed by atoms with Crippen LogP contribution in [0, 0.1) is 11.9 Å². The van der Waals surface area contributed by atoms with Crippen molar-refractivity contribution in [2.45, 2.75) is 6.61 Å². The Morgan fingerprint density at radius 3 is 2.62 bits per heavy atom. The Bertz CT molecular complexity index is 468. The first-order valence-corrected chi connectivity index (χ1v) is 5.16. The first-order chi connectivity index (χ1) is 7.74. The molecule has 0 spiro atoms. The van der Waals surface area contributed by atoms with Gasteiger partial charge in [-0.3, -0.25) is 0 Å². The summed E-state index contributed by atoms with van der Waals surface area (Å²) in [6, 6.07) is 14.2. The van der Waals surface area contributed by atoms with Crippen LogP contribution in [0.25, 0.3) is 0 Å². The zero-order valence-corrected chi connectivity index (χ0v) is 9.17. The van der Waals surface area contributed by atoms with Gasteiger partial charge in [0, 0.05) is 17.2 Å². The lowest BCUT2D eigenvalue weighted by molar-refractivity contribution is 0.304. The van der Waals surface area contributed by atoms with Crippen molar-refractivity contribution in [3.8, 4) is 5.75 Å². The Labute approximate surface area is 98.4 Å². The van der Waals surface area contributed by atoms with E-state index < -0.39 is 5.82 Å². The Hall–Kier alpha value is -1.54. The maximum atomic E-state index is 12.8. The van der Waals surface area contributed by atoms with Crippen molar-refractivity contribution in [3.05, 3.63) is 64.9 Å². The van der Waals surface area contributed by atoms with E-state index in [4.69, 9.17) is 16.3 Å². The van der Waals surface area contributed by atoms with Crippen LogP contribution in [0.4, 0.5) is 4.39 Å². The third-order valence-electron chi connectivity index (χ3n) is 2.06. The molecule has 1 radical (unpaired) electrons. The second kappa shape index (κ2) is 4.99. The van der Waals surface area contributed by atoms with Gasteiger partial charge in [0.1, 0.15) is 18.2 Å². The molecule has 0 unspecified atom stereocenters. The molecule has 0 atom stereocenters. The summed E-state index contributed by atoms with van der Waals surface area (Å²) in [5.74, 6) is 0.0693. The molecule has 0 saturated heterocycles. The quantitative estimate of drug-likeness (QED) is 0.785. The maximum absolute atomic E-state index is 12.8. The van der Waals surface area contributed by atoms with Gasteiger partial charge in [0.05, 0.1) is 0 Å². The van der Waals surface area contributed by atoms with Crippen molar-refractivity contribution in [2.75, 3.05) is 0 Å². The summed E-state index contributed by atoms with van der Waals surface area (Å²) in [4.78, 5) is 0. The number of halogens is 2. The lowest BCUT2D eigenvalue weighted by atomic mass is 10.2. The highest BCUT2D eigenvalue weighted by molar-refractivity contribution is 6.30. The Morgan fingerprint density at radius 1 is 1.19 bits per heavy atom. The van der Waals surface area contributed by atoms with Gasteiger partial charge in [-0.05, 0) is 29.8 Å². The largest absolute Gasteiger partial charge is 0.489 e. The number of hydrogen-bond donors (Lipinski definition) is 0. The minimum atomic E-state index is -0.423. The zero-order chi connectivity index (χ0) is 11.4. The molecule has 0 fully saturated rings. The molecular formula is C13H9ClFO. The Balaban J connectivity index is 1.99. The van der Waals surface area contributed by atoms with Crippen molar-refractivity contribution in [3.63, 3.8) is 0 Å². The number of benzene rings is 2. The van der Waals surface area contributed by atoms with E-state index >= 15 is 0 Å². The summed E-state index contributed by atoms with van der Waals surface area (Å²) < 4.78 is 18.2. The van der Waals surface area contributed by atoms with Crippen molar-refractivity contribution < 1.29 is 9.13 Å². The maximum Gasteiger partial charge on any atom is 0.134 e. The standard InChI is InChI=1S/C13H9ClFO/c14-11-6-4-10(5-7-11)9-16-13-3-1-2-12(15)8-13/h1,3-8H,9H2. The van der Waals surface area contributed by atoms with Crippen LogP contribution >= 0.6 is 11.6 Å². The van der Waals surface area contributed by atoms with E-state index in [9.17, 15) is 4.39 Å². The van der Waals surface area contributed by atoms with Crippen LogP contribution in [0.5, 0.6) is 5.75 Å². The number of rotatable bonds is 3. The van der Waals surface area contributed by atoms with Gasteiger partial charge >= 0.3 is 0 Å². The number of ether oxygens (including phenoxy) is 1. The zero-order valence-electron chi connectivity index (χ0n) is 8.41. The monoisotopic (exact) mass is 235 g/mol. The SMILES string of the molecule is Fc1[c]ccc(OCc2ccc(Cl)cc2)c1. The van der Waals surface area contributed by atoms with E-state index in [2.05, 4.69) is 6.07 Å². The minimum Gasteiger partial charge on any atom is -0.489 e. The molecule has 3 heteroatoms. The third-order valence-corrected chi connectivity index (χ3v) is 2.31. The van der Waals surface area contributed by atoms with Gasteiger partial charge in [0.2, 0.25) is 0 Å². The van der Waals surface area contributed by atoms with Crippen LogP contribution in [0.2, 0.25) is 5.02 Å². The van der Waals surface area contributed by atoms with Crippen LogP contribution in [-0.2, 0) is 6.61 Å². The Morgan fingerprint density at radius 2 is 1.94 bits per heavy atom. The van der Waals surface area contributed by atoms with E-state index in [0.717, 1.165) is 5.56 Å². The van der Waals surface area contributed by atoms with Crippen LogP contribution < -0.4 is 4.74 Å². The summed E-state index contributed by atoms with van der Waals surface area (Å²) in [6.45, 7) is 0.390. The highest BCUT2D eigenvalue weighted by Gasteiger charge is 1.97. The third kappa shape index (κ3) is 2.97. The van der Waals surface area contributed by atoms with Gasteiger partial charge < -0.3 is 4.74 Å². The first kappa shape index (κ1) is 11.0. The van der Waals surface area contributed by atoms with Gasteiger partial charge in [-0.1, -0.05) is 23.7 Å². The van der Waals surface area contributed by atoms with Gasteiger partial charge in [-0.15, -0.1) is 0 Å². The summed E-state index contributed by atoms with van der Waals surface area (Å²) in [7, 11) is 0. The second-order valence-electron chi connectivity index (χ2n) is 3.29. The fourth-order valence-corrected chi connectivity index (χ4v) is 1.38. The Kier molecular flexibility index (Phi) is 3.42. The molecular weight excluding hydrogens is 227 g/mol. The molecule has 0 aromatic heterocycles. The molecule has 2 aromatic carbocycles. The number of hydrogen-bond acceptors (Lipinski definition) is 1. The van der Waals surface area contributed by atoms with Crippen LogP contribution in [0.3, 0.4) is 0 Å². The van der Waals surface area contributed by atoms with Crippen LogP contribution in [0.1, 0.15) is 5.56 Å². The molecule has 2 rings (SSSR count). The molecule has 0 amide bonds. The highest BCUT2D eigenvalue weighted by atomic mass is 35.5. The van der Waals surface area contributed by atoms with E-state index in [-0.39, 0.29) is 0 Å². The molecule has 1 nitrogen and oxygen atoms in total. The molecule has 0 aliphatic rings. The molecule has 0 aliphatic carbocycles. The lowest BCUT2D eigenvalue weighted by Gasteiger charge is -2.05. The van der Waals surface area contributed by atoms with Gasteiger partial charge in [0.15, 0.2) is 0 Å². The van der Waals surface area contributed by atoms with Crippen LogP contribution in [0.15, 0.2) is 42.5 Å². The van der Waals surface area contributed by atoms with Crippen molar-refractivity contribution in [2.24, 2.45) is 0 Å². The lowest BCUT2D eigenvalue weighted by Crippen LogP contribution is -1.95. The highest BCUT2D eigenvalue weighted by Crippen LogP contribution is 2.15. The molecule has 0 bridgehead atoms. The fraction of sp³-hybridized carbons (Fsp3) is 0.0769. The topological polar surface area (TPSA) is 9.23 Å². The summed E-state index contributed by atoms with van der Waals surface area (Å²) in [6.07, 6.45) is 0. The molecule has 0 heterocycles. The van der Waals surface area contributed by atoms with E-state index in [1.165, 1.54) is 12.1 Å². The molecule has 0 saturated carbocycles. The second-order valence-corrected chi connectivity index (χ2v) is 3.72. The van der Waals surface area contributed by atoms with E-state index in [1.807, 2.05) is 12.1 Å². The predicted octanol–water partition coefficient (Wildman–Crippen LogP) is 3.86. The minimum absolute atomic E-state index is 0.390. The van der Waals surface area contributed by atoms with Gasteiger partial charge in [0.25, 0.3) is 0 Å². The van der Waals surface area contributed by atoms with Gasteiger partial charge in [-0.2, -0.15) is 0 Å². The molecule has 0 aliphatic heterocycles. The summed E-state index contributed by atoms with van der Waals surface area (Å²) >= 11 is 5.76. The van der Waals surface area contributed by atoms with Gasteiger partial charge in [-0.25, -0.2) is 4.39 Å². The predicted molar refractivity (Wildman–Crippen MR) is 61.0 cm³/mol.